The molecule has 7 nitrogen and oxygen atoms in total. The molecule has 0 spiro atoms. The Kier molecular flexibility index (Phi) is 3.89. The van der Waals surface area contributed by atoms with Crippen LogP contribution < -0.4 is 5.32 Å². The highest BCUT2D eigenvalue weighted by Gasteiger charge is 2.09. The summed E-state index contributed by atoms with van der Waals surface area (Å²) < 4.78 is 7.32. The van der Waals surface area contributed by atoms with E-state index in [2.05, 4.69) is 44.4 Å². The van der Waals surface area contributed by atoms with Gasteiger partial charge in [0.15, 0.2) is 5.65 Å². The Hall–Kier alpha value is -3.22. The van der Waals surface area contributed by atoms with Gasteiger partial charge in [0.25, 0.3) is 0 Å². The number of nitrogens with zero attached hydrogens (tertiary/aromatic N) is 5. The fraction of sp³-hybridized carbons (Fsp3) is 0.222. The van der Waals surface area contributed by atoms with Crippen molar-refractivity contribution in [3.05, 3.63) is 54.3 Å². The van der Waals surface area contributed by atoms with E-state index < -0.39 is 0 Å². The molecule has 3 heterocycles. The number of hydrogen-bond acceptors (Lipinski definition) is 6. The third-order valence-corrected chi connectivity index (χ3v) is 4.05. The smallest absolute Gasteiger partial charge is 0.226 e. The molecule has 1 aromatic carbocycles. The van der Waals surface area contributed by atoms with Crippen LogP contribution in [-0.4, -0.2) is 31.3 Å². The fourth-order valence-corrected chi connectivity index (χ4v) is 2.66. The van der Waals surface area contributed by atoms with Gasteiger partial charge < -0.3 is 9.73 Å². The molecule has 0 amide bonds. The Morgan fingerprint density at radius 3 is 2.84 bits per heavy atom. The van der Waals surface area contributed by atoms with Gasteiger partial charge in [-0.05, 0) is 19.1 Å². The van der Waals surface area contributed by atoms with Gasteiger partial charge in [0, 0.05) is 25.6 Å². The SMILES string of the molecule is Cc1ccc(-c2nc(CCNc3ncnc4c3cnn4C)co2)cc1. The minimum atomic E-state index is 0.645. The van der Waals surface area contributed by atoms with Gasteiger partial charge in [0.1, 0.15) is 18.4 Å². The molecule has 25 heavy (non-hydrogen) atoms. The maximum Gasteiger partial charge on any atom is 0.226 e. The molecule has 0 radical (unpaired) electrons. The molecule has 0 aliphatic carbocycles. The van der Waals surface area contributed by atoms with Gasteiger partial charge in [0.05, 0.1) is 17.3 Å². The van der Waals surface area contributed by atoms with Crippen LogP contribution in [0.4, 0.5) is 5.82 Å². The van der Waals surface area contributed by atoms with Crippen molar-refractivity contribution in [3.63, 3.8) is 0 Å². The topological polar surface area (TPSA) is 81.7 Å². The molecule has 0 saturated heterocycles. The molecule has 4 rings (SSSR count). The van der Waals surface area contributed by atoms with Crippen molar-refractivity contribution in [2.45, 2.75) is 13.3 Å². The van der Waals surface area contributed by atoms with Crippen LogP contribution in [0, 0.1) is 6.92 Å². The Morgan fingerprint density at radius 2 is 2.00 bits per heavy atom. The number of rotatable bonds is 5. The number of aryl methyl sites for hydroxylation is 2. The lowest BCUT2D eigenvalue weighted by atomic mass is 10.1. The lowest BCUT2D eigenvalue weighted by Gasteiger charge is -2.04. The van der Waals surface area contributed by atoms with E-state index >= 15 is 0 Å². The zero-order valence-electron chi connectivity index (χ0n) is 14.1. The summed E-state index contributed by atoms with van der Waals surface area (Å²) >= 11 is 0. The number of aromatic nitrogens is 5. The third kappa shape index (κ3) is 3.08. The van der Waals surface area contributed by atoms with Gasteiger partial charge >= 0.3 is 0 Å². The van der Waals surface area contributed by atoms with Crippen LogP contribution in [0.25, 0.3) is 22.5 Å². The molecule has 0 bridgehead atoms. The van der Waals surface area contributed by atoms with Crippen LogP contribution in [0.15, 0.2) is 47.5 Å². The van der Waals surface area contributed by atoms with E-state index in [-0.39, 0.29) is 0 Å². The predicted molar refractivity (Wildman–Crippen MR) is 95.2 cm³/mol. The van der Waals surface area contributed by atoms with Crippen molar-refractivity contribution in [2.24, 2.45) is 7.05 Å². The molecule has 0 fully saturated rings. The minimum Gasteiger partial charge on any atom is -0.444 e. The molecular formula is C18H18N6O. The van der Waals surface area contributed by atoms with Crippen molar-refractivity contribution in [1.82, 2.24) is 24.7 Å². The largest absolute Gasteiger partial charge is 0.444 e. The monoisotopic (exact) mass is 334 g/mol. The standard InChI is InChI=1S/C18H18N6O/c1-12-3-5-13(6-4-12)18-23-14(10-25-18)7-8-19-16-15-9-22-24(2)17(15)21-11-20-16/h3-6,9-11H,7-8H2,1-2H3,(H,19,20,21). The van der Waals surface area contributed by atoms with E-state index in [1.54, 1.807) is 17.1 Å². The van der Waals surface area contributed by atoms with E-state index in [4.69, 9.17) is 4.42 Å². The average molecular weight is 334 g/mol. The Balaban J connectivity index is 1.43. The summed E-state index contributed by atoms with van der Waals surface area (Å²) in [6.07, 6.45) is 5.75. The maximum atomic E-state index is 5.59. The number of oxazole rings is 1. The van der Waals surface area contributed by atoms with E-state index in [0.717, 1.165) is 34.5 Å². The highest BCUT2D eigenvalue weighted by atomic mass is 16.3. The van der Waals surface area contributed by atoms with Gasteiger partial charge in [-0.25, -0.2) is 15.0 Å². The number of benzene rings is 1. The molecule has 0 aliphatic heterocycles. The van der Waals surface area contributed by atoms with Crippen LogP contribution in [0.5, 0.6) is 0 Å². The Labute approximate surface area is 144 Å². The van der Waals surface area contributed by atoms with Crippen molar-refractivity contribution in [2.75, 3.05) is 11.9 Å². The molecule has 4 aromatic rings. The maximum absolute atomic E-state index is 5.59. The lowest BCUT2D eigenvalue weighted by molar-refractivity contribution is 0.572. The number of nitrogens with one attached hydrogen (secondary N) is 1. The number of fused-ring (bicyclic) bond motifs is 1. The quantitative estimate of drug-likeness (QED) is 0.604. The lowest BCUT2D eigenvalue weighted by Crippen LogP contribution is -2.07. The number of hydrogen-bond donors (Lipinski definition) is 1. The highest BCUT2D eigenvalue weighted by Crippen LogP contribution is 2.20. The zero-order valence-corrected chi connectivity index (χ0v) is 14.1. The van der Waals surface area contributed by atoms with E-state index in [1.807, 2.05) is 19.2 Å². The molecule has 0 aliphatic rings. The summed E-state index contributed by atoms with van der Waals surface area (Å²) in [5, 5.41) is 8.44. The molecule has 126 valence electrons. The summed E-state index contributed by atoms with van der Waals surface area (Å²) in [6.45, 7) is 2.75. The second-order valence-corrected chi connectivity index (χ2v) is 5.91. The normalized spacial score (nSPS) is 11.1. The van der Waals surface area contributed by atoms with Gasteiger partial charge in [0.2, 0.25) is 5.89 Å². The zero-order chi connectivity index (χ0) is 17.2. The van der Waals surface area contributed by atoms with Crippen molar-refractivity contribution < 1.29 is 4.42 Å². The third-order valence-electron chi connectivity index (χ3n) is 4.05. The summed E-state index contributed by atoms with van der Waals surface area (Å²) in [5.41, 5.74) is 3.91. The van der Waals surface area contributed by atoms with Gasteiger partial charge in [-0.1, -0.05) is 17.7 Å². The summed E-state index contributed by atoms with van der Waals surface area (Å²) in [5.74, 6) is 1.42. The van der Waals surface area contributed by atoms with E-state index in [1.165, 1.54) is 11.9 Å². The first-order chi connectivity index (χ1) is 12.2. The van der Waals surface area contributed by atoms with Gasteiger partial charge in [-0.15, -0.1) is 0 Å². The van der Waals surface area contributed by atoms with Crippen LogP contribution in [-0.2, 0) is 13.5 Å². The number of anilines is 1. The highest BCUT2D eigenvalue weighted by molar-refractivity contribution is 5.85. The molecule has 3 aromatic heterocycles. The molecular weight excluding hydrogens is 316 g/mol. The van der Waals surface area contributed by atoms with Crippen LogP contribution in [0.3, 0.4) is 0 Å². The van der Waals surface area contributed by atoms with Crippen LogP contribution in [0.1, 0.15) is 11.3 Å². The van der Waals surface area contributed by atoms with E-state index in [0.29, 0.717) is 12.4 Å². The second kappa shape index (κ2) is 6.35. The molecule has 7 heteroatoms. The Morgan fingerprint density at radius 1 is 1.16 bits per heavy atom. The first-order valence-electron chi connectivity index (χ1n) is 8.09. The summed E-state index contributed by atoms with van der Waals surface area (Å²) in [7, 11) is 1.86. The van der Waals surface area contributed by atoms with Gasteiger partial charge in [-0.2, -0.15) is 5.10 Å². The van der Waals surface area contributed by atoms with Gasteiger partial charge in [-0.3, -0.25) is 4.68 Å². The minimum absolute atomic E-state index is 0.645. The first kappa shape index (κ1) is 15.3. The average Bonchev–Trinajstić information content (AvgIpc) is 3.24. The second-order valence-electron chi connectivity index (χ2n) is 5.91. The fourth-order valence-electron chi connectivity index (χ4n) is 2.66. The molecule has 0 saturated carbocycles. The van der Waals surface area contributed by atoms with Crippen molar-refractivity contribution in [1.29, 1.82) is 0 Å². The van der Waals surface area contributed by atoms with Crippen LogP contribution in [0.2, 0.25) is 0 Å². The Bertz CT molecular complexity index is 1000. The summed E-state index contributed by atoms with van der Waals surface area (Å²) in [6, 6.07) is 8.14. The molecule has 0 unspecified atom stereocenters. The first-order valence-corrected chi connectivity index (χ1v) is 8.09. The predicted octanol–water partition coefficient (Wildman–Crippen LogP) is 2.98. The van der Waals surface area contributed by atoms with E-state index in [9.17, 15) is 0 Å². The summed E-state index contributed by atoms with van der Waals surface area (Å²) in [4.78, 5) is 13.1. The van der Waals surface area contributed by atoms with Crippen molar-refractivity contribution in [3.8, 4) is 11.5 Å². The molecule has 0 atom stereocenters. The van der Waals surface area contributed by atoms with Crippen molar-refractivity contribution >= 4 is 16.9 Å². The van der Waals surface area contributed by atoms with Crippen LogP contribution >= 0.6 is 0 Å². The molecule has 1 N–H and O–H groups in total.